The molecule has 0 nitrogen and oxygen atoms in total. The average Bonchev–Trinajstić information content (AvgIpc) is 3.52. The van der Waals surface area contributed by atoms with E-state index in [0.29, 0.717) is 0 Å². The summed E-state index contributed by atoms with van der Waals surface area (Å²) in [5, 5.41) is 12.8. The Labute approximate surface area is 344 Å². The first kappa shape index (κ1) is 33.8. The average molecular weight is 749 g/mol. The van der Waals surface area contributed by atoms with Gasteiger partial charge in [-0.05, 0) is 145 Å². The smallest absolute Gasteiger partial charge is 0.0165 e. The van der Waals surface area contributed by atoms with Crippen LogP contribution >= 0.6 is 0 Å². The minimum absolute atomic E-state index is 0.140. The summed E-state index contributed by atoms with van der Waals surface area (Å²) < 4.78 is 0. The van der Waals surface area contributed by atoms with E-state index in [9.17, 15) is 0 Å². The van der Waals surface area contributed by atoms with Crippen LogP contribution < -0.4 is 0 Å². The van der Waals surface area contributed by atoms with Crippen LogP contribution in [0.3, 0.4) is 0 Å². The molecule has 1 aliphatic rings. The van der Waals surface area contributed by atoms with Crippen molar-refractivity contribution >= 4 is 53.9 Å². The first-order valence-corrected chi connectivity index (χ1v) is 20.8. The molecule has 12 rings (SSSR count). The molecule has 276 valence electrons. The predicted molar refractivity (Wildman–Crippen MR) is 253 cm³/mol. The third-order valence-electron chi connectivity index (χ3n) is 13.2. The largest absolute Gasteiger partial charge is 0.0616 e. The zero-order valence-electron chi connectivity index (χ0n) is 33.1. The molecular formula is C59H40. The first-order chi connectivity index (χ1) is 29.0. The van der Waals surface area contributed by atoms with Crippen molar-refractivity contribution < 1.29 is 0 Å². The first-order valence-electron chi connectivity index (χ1n) is 20.8. The van der Waals surface area contributed by atoms with E-state index in [4.69, 9.17) is 0 Å². The zero-order valence-corrected chi connectivity index (χ0v) is 33.1. The van der Waals surface area contributed by atoms with Gasteiger partial charge in [0.25, 0.3) is 0 Å². The van der Waals surface area contributed by atoms with Gasteiger partial charge in [-0.1, -0.05) is 196 Å². The molecule has 0 fully saturated rings. The van der Waals surface area contributed by atoms with Crippen LogP contribution in [-0.2, 0) is 5.41 Å². The molecule has 0 heterocycles. The van der Waals surface area contributed by atoms with E-state index < -0.39 is 0 Å². The van der Waals surface area contributed by atoms with Crippen LogP contribution in [-0.4, -0.2) is 0 Å². The highest BCUT2D eigenvalue weighted by atomic mass is 14.4. The normalized spacial score (nSPS) is 13.1. The van der Waals surface area contributed by atoms with Gasteiger partial charge in [0, 0.05) is 5.41 Å². The van der Waals surface area contributed by atoms with Crippen LogP contribution in [0.4, 0.5) is 0 Å². The Hall–Kier alpha value is -7.28. The van der Waals surface area contributed by atoms with Gasteiger partial charge in [-0.25, -0.2) is 0 Å². The van der Waals surface area contributed by atoms with Crippen molar-refractivity contribution in [3.8, 4) is 55.6 Å². The molecule has 0 atom stereocenters. The van der Waals surface area contributed by atoms with Gasteiger partial charge in [-0.3, -0.25) is 0 Å². The van der Waals surface area contributed by atoms with Crippen LogP contribution in [0.25, 0.3) is 109 Å². The maximum Gasteiger partial charge on any atom is 0.0165 e. The Morgan fingerprint density at radius 2 is 0.746 bits per heavy atom. The highest BCUT2D eigenvalue weighted by Crippen LogP contribution is 2.54. The highest BCUT2D eigenvalue weighted by molar-refractivity contribution is 6.22. The van der Waals surface area contributed by atoms with Crippen molar-refractivity contribution in [1.29, 1.82) is 0 Å². The standard InChI is InChI=1S/C59H40/c1-59(2)55-36-40-16-4-3-15-39(40)34-54(55)52-28-14-27-45(58(52)59)41-18-13-19-43(33-41)57-50-25-11-9-23-48(50)56(49-24-10-12-26-51(49)57)38-31-29-37(30-32-38)53-35-42-17-5-6-20-44(42)46-21-7-8-22-47(46)53/h3-36H,1-2H3. The second kappa shape index (κ2) is 12.9. The summed E-state index contributed by atoms with van der Waals surface area (Å²) in [6.45, 7) is 4.80. The Morgan fingerprint density at radius 3 is 1.42 bits per heavy atom. The topological polar surface area (TPSA) is 0 Å². The molecule has 0 saturated carbocycles. The number of hydrogen-bond donors (Lipinski definition) is 0. The van der Waals surface area contributed by atoms with E-state index in [1.165, 1.54) is 121 Å². The molecule has 1 aliphatic carbocycles. The molecule has 59 heavy (non-hydrogen) atoms. The highest BCUT2D eigenvalue weighted by Gasteiger charge is 2.38. The van der Waals surface area contributed by atoms with Gasteiger partial charge in [0.15, 0.2) is 0 Å². The van der Waals surface area contributed by atoms with Crippen LogP contribution in [0.1, 0.15) is 25.0 Å². The van der Waals surface area contributed by atoms with Crippen molar-refractivity contribution in [2.75, 3.05) is 0 Å². The van der Waals surface area contributed by atoms with Crippen molar-refractivity contribution in [2.45, 2.75) is 19.3 Å². The zero-order chi connectivity index (χ0) is 39.2. The lowest BCUT2D eigenvalue weighted by Gasteiger charge is -2.25. The fraction of sp³-hybridized carbons (Fsp3) is 0.0508. The number of hydrogen-bond acceptors (Lipinski definition) is 0. The van der Waals surface area contributed by atoms with E-state index in [2.05, 4.69) is 220 Å². The summed E-state index contributed by atoms with van der Waals surface area (Å²) in [6.07, 6.45) is 0. The van der Waals surface area contributed by atoms with Gasteiger partial charge in [0.05, 0.1) is 0 Å². The Bertz CT molecular complexity index is 3450. The van der Waals surface area contributed by atoms with E-state index >= 15 is 0 Å². The van der Waals surface area contributed by atoms with Gasteiger partial charge in [-0.15, -0.1) is 0 Å². The van der Waals surface area contributed by atoms with Gasteiger partial charge >= 0.3 is 0 Å². The summed E-state index contributed by atoms with van der Waals surface area (Å²) in [5.74, 6) is 0. The summed E-state index contributed by atoms with van der Waals surface area (Å²) in [4.78, 5) is 0. The van der Waals surface area contributed by atoms with Crippen molar-refractivity contribution in [3.63, 3.8) is 0 Å². The lowest BCUT2D eigenvalue weighted by atomic mass is 9.78. The number of benzene rings is 11. The van der Waals surface area contributed by atoms with Gasteiger partial charge in [0.1, 0.15) is 0 Å². The third-order valence-corrected chi connectivity index (χ3v) is 13.2. The van der Waals surface area contributed by atoms with Crippen LogP contribution in [0, 0.1) is 0 Å². The molecule has 0 spiro atoms. The van der Waals surface area contributed by atoms with Gasteiger partial charge < -0.3 is 0 Å². The van der Waals surface area contributed by atoms with Gasteiger partial charge in [-0.2, -0.15) is 0 Å². The molecule has 0 bridgehead atoms. The van der Waals surface area contributed by atoms with E-state index in [1.54, 1.807) is 0 Å². The molecule has 0 saturated heterocycles. The van der Waals surface area contributed by atoms with Crippen LogP contribution in [0.5, 0.6) is 0 Å². The van der Waals surface area contributed by atoms with Crippen LogP contribution in [0.15, 0.2) is 206 Å². The molecule has 11 aromatic carbocycles. The molecule has 0 N–H and O–H groups in total. The summed E-state index contributed by atoms with van der Waals surface area (Å²) in [6, 6.07) is 76.9. The van der Waals surface area contributed by atoms with Crippen molar-refractivity contribution in [3.05, 3.63) is 217 Å². The summed E-state index contributed by atoms with van der Waals surface area (Å²) in [7, 11) is 0. The minimum Gasteiger partial charge on any atom is -0.0616 e. The Morgan fingerprint density at radius 1 is 0.271 bits per heavy atom. The molecule has 0 aliphatic heterocycles. The molecule has 0 aromatic heterocycles. The molecular weight excluding hydrogens is 709 g/mol. The third kappa shape index (κ3) is 5.09. The summed E-state index contributed by atoms with van der Waals surface area (Å²) in [5.41, 5.74) is 15.4. The van der Waals surface area contributed by atoms with Crippen LogP contribution in [0.2, 0.25) is 0 Å². The Balaban J connectivity index is 1.01. The SMILES string of the molecule is CC1(C)c2cc3ccccc3cc2-c2cccc(-c3cccc(-c4c5ccccc5c(-c5ccc(-c6cc7ccccc7c7ccccc67)cc5)c5ccccc45)c3)c21. The second-order valence-electron chi connectivity index (χ2n) is 16.8. The van der Waals surface area contributed by atoms with Crippen molar-refractivity contribution in [1.82, 2.24) is 0 Å². The quantitative estimate of drug-likeness (QED) is 0.124. The molecule has 11 aromatic rings. The number of fused-ring (bicyclic) bond motifs is 9. The van der Waals surface area contributed by atoms with Gasteiger partial charge in [0.2, 0.25) is 0 Å². The molecule has 0 heteroatoms. The van der Waals surface area contributed by atoms with E-state index in [0.717, 1.165) is 0 Å². The van der Waals surface area contributed by atoms with E-state index in [-0.39, 0.29) is 5.41 Å². The minimum atomic E-state index is -0.140. The molecule has 0 amide bonds. The fourth-order valence-electron chi connectivity index (χ4n) is 10.5. The number of rotatable bonds is 4. The predicted octanol–water partition coefficient (Wildman–Crippen LogP) is 16.4. The maximum absolute atomic E-state index is 2.43. The monoisotopic (exact) mass is 748 g/mol. The van der Waals surface area contributed by atoms with E-state index in [1.807, 2.05) is 0 Å². The molecule has 0 unspecified atom stereocenters. The Kier molecular flexibility index (Phi) is 7.38. The lowest BCUT2D eigenvalue weighted by molar-refractivity contribution is 0.663. The van der Waals surface area contributed by atoms with Crippen molar-refractivity contribution in [2.24, 2.45) is 0 Å². The second-order valence-corrected chi connectivity index (χ2v) is 16.8. The summed E-state index contributed by atoms with van der Waals surface area (Å²) >= 11 is 0. The lowest BCUT2D eigenvalue weighted by Crippen LogP contribution is -2.16. The molecule has 0 radical (unpaired) electrons. The fourth-order valence-corrected chi connectivity index (χ4v) is 10.5. The maximum atomic E-state index is 2.43.